The Hall–Kier alpha value is -0.830. The molecule has 2 N–H and O–H groups in total. The van der Waals surface area contributed by atoms with Gasteiger partial charge in [-0.2, -0.15) is 5.10 Å². The van der Waals surface area contributed by atoms with Crippen molar-refractivity contribution in [2.75, 3.05) is 0 Å². The quantitative estimate of drug-likeness (QED) is 0.873. The minimum Gasteiger partial charge on any atom is -0.324 e. The predicted molar refractivity (Wildman–Crippen MR) is 89.4 cm³/mol. The minimum absolute atomic E-state index is 0.141. The average molecular weight is 291 g/mol. The van der Waals surface area contributed by atoms with Crippen LogP contribution in [0.1, 0.15) is 89.3 Å². The third-order valence-corrected chi connectivity index (χ3v) is 5.11. The smallest absolute Gasteiger partial charge is 0.0672 e. The summed E-state index contributed by atoms with van der Waals surface area (Å²) in [5.74, 6) is 1.61. The number of hydrogen-bond donors (Lipinski definition) is 1. The number of aryl methyl sites for hydroxylation is 1. The van der Waals surface area contributed by atoms with Gasteiger partial charge in [0.15, 0.2) is 0 Å². The van der Waals surface area contributed by atoms with Gasteiger partial charge in [-0.25, -0.2) is 0 Å². The van der Waals surface area contributed by atoms with Gasteiger partial charge in [0.1, 0.15) is 0 Å². The van der Waals surface area contributed by atoms with E-state index in [1.807, 2.05) is 0 Å². The fourth-order valence-electron chi connectivity index (χ4n) is 4.19. The van der Waals surface area contributed by atoms with E-state index in [0.29, 0.717) is 6.04 Å². The third kappa shape index (κ3) is 3.33. The normalized spacial score (nSPS) is 27.8. The first-order chi connectivity index (χ1) is 10.0. The molecule has 120 valence electrons. The van der Waals surface area contributed by atoms with Crippen LogP contribution < -0.4 is 5.73 Å². The molecule has 3 heteroatoms. The van der Waals surface area contributed by atoms with Crippen molar-refractivity contribution in [3.8, 4) is 0 Å². The molecule has 1 aliphatic carbocycles. The Labute approximate surface area is 130 Å². The molecule has 1 aromatic rings. The molecule has 1 aromatic heterocycles. The second kappa shape index (κ2) is 6.95. The topological polar surface area (TPSA) is 43.8 Å². The molecule has 0 bridgehead atoms. The lowest BCUT2D eigenvalue weighted by molar-refractivity contribution is 0.206. The summed E-state index contributed by atoms with van der Waals surface area (Å²) in [5.41, 5.74) is 10.4. The number of nitrogens with zero attached hydrogens (tertiary/aromatic N) is 2. The van der Waals surface area contributed by atoms with Crippen LogP contribution in [0, 0.1) is 11.8 Å². The Balaban J connectivity index is 2.41. The summed E-state index contributed by atoms with van der Waals surface area (Å²) >= 11 is 0. The molecule has 0 saturated heterocycles. The van der Waals surface area contributed by atoms with Crippen LogP contribution in [-0.4, -0.2) is 9.78 Å². The van der Waals surface area contributed by atoms with E-state index < -0.39 is 0 Å². The lowest BCUT2D eigenvalue weighted by Gasteiger charge is -2.32. The second-order valence-electron chi connectivity index (χ2n) is 7.04. The summed E-state index contributed by atoms with van der Waals surface area (Å²) in [6, 6.07) is 0.712. The van der Waals surface area contributed by atoms with Gasteiger partial charge in [-0.3, -0.25) is 4.68 Å². The molecule has 3 unspecified atom stereocenters. The highest BCUT2D eigenvalue weighted by Gasteiger charge is 2.29. The van der Waals surface area contributed by atoms with Crippen LogP contribution in [0.15, 0.2) is 0 Å². The van der Waals surface area contributed by atoms with Crippen molar-refractivity contribution >= 4 is 0 Å². The lowest BCUT2D eigenvalue weighted by Crippen LogP contribution is -2.25. The number of rotatable bonds is 5. The van der Waals surface area contributed by atoms with Crippen molar-refractivity contribution in [3.63, 3.8) is 0 Å². The van der Waals surface area contributed by atoms with Crippen LogP contribution in [0.4, 0.5) is 0 Å². The largest absolute Gasteiger partial charge is 0.324 e. The van der Waals surface area contributed by atoms with Crippen molar-refractivity contribution in [2.24, 2.45) is 17.6 Å². The molecule has 1 saturated carbocycles. The number of nitrogens with two attached hydrogens (primary N) is 1. The van der Waals surface area contributed by atoms with Crippen LogP contribution in [0.2, 0.25) is 0 Å². The second-order valence-corrected chi connectivity index (χ2v) is 7.04. The zero-order valence-corrected chi connectivity index (χ0v) is 14.5. The molecule has 3 atom stereocenters. The maximum Gasteiger partial charge on any atom is 0.0672 e. The van der Waals surface area contributed by atoms with Crippen molar-refractivity contribution < 1.29 is 0 Å². The van der Waals surface area contributed by atoms with Gasteiger partial charge in [-0.05, 0) is 50.4 Å². The third-order valence-electron chi connectivity index (χ3n) is 5.11. The van der Waals surface area contributed by atoms with Crippen LogP contribution in [-0.2, 0) is 12.8 Å². The molecular weight excluding hydrogens is 258 g/mol. The minimum atomic E-state index is 0.141. The maximum atomic E-state index is 6.39. The number of hydrogen-bond acceptors (Lipinski definition) is 2. The predicted octanol–water partition coefficient (Wildman–Crippen LogP) is 4.41. The molecule has 0 radical (unpaired) electrons. The van der Waals surface area contributed by atoms with E-state index in [2.05, 4.69) is 39.3 Å². The molecular formula is C18H33N3. The first-order valence-electron chi connectivity index (χ1n) is 8.87. The summed E-state index contributed by atoms with van der Waals surface area (Å²) < 4.78 is 2.36. The van der Waals surface area contributed by atoms with Gasteiger partial charge in [0.2, 0.25) is 0 Å². The van der Waals surface area contributed by atoms with Crippen LogP contribution >= 0.6 is 0 Å². The zero-order chi connectivity index (χ0) is 15.6. The van der Waals surface area contributed by atoms with Gasteiger partial charge in [0.25, 0.3) is 0 Å². The SMILES string of the molecule is CCc1nn(C2CC(C)CC(C)C2)c(CC)c1C(N)CC. The zero-order valence-electron chi connectivity index (χ0n) is 14.5. The van der Waals surface area contributed by atoms with E-state index in [0.717, 1.165) is 31.1 Å². The van der Waals surface area contributed by atoms with E-state index in [1.165, 1.54) is 36.2 Å². The summed E-state index contributed by atoms with van der Waals surface area (Å²) in [4.78, 5) is 0. The van der Waals surface area contributed by atoms with Gasteiger partial charge >= 0.3 is 0 Å². The monoisotopic (exact) mass is 291 g/mol. The van der Waals surface area contributed by atoms with E-state index in [4.69, 9.17) is 10.8 Å². The van der Waals surface area contributed by atoms with Gasteiger partial charge < -0.3 is 5.73 Å². The first-order valence-corrected chi connectivity index (χ1v) is 8.87. The highest BCUT2D eigenvalue weighted by atomic mass is 15.3. The lowest BCUT2D eigenvalue weighted by atomic mass is 9.80. The van der Waals surface area contributed by atoms with Crippen LogP contribution in [0.5, 0.6) is 0 Å². The highest BCUT2D eigenvalue weighted by molar-refractivity contribution is 5.30. The molecule has 21 heavy (non-hydrogen) atoms. The van der Waals surface area contributed by atoms with Crippen molar-refractivity contribution in [3.05, 3.63) is 17.0 Å². The van der Waals surface area contributed by atoms with Crippen molar-refractivity contribution in [1.82, 2.24) is 9.78 Å². The number of aromatic nitrogens is 2. The van der Waals surface area contributed by atoms with Crippen molar-refractivity contribution in [1.29, 1.82) is 0 Å². The maximum absolute atomic E-state index is 6.39. The van der Waals surface area contributed by atoms with Crippen molar-refractivity contribution in [2.45, 2.75) is 85.2 Å². The summed E-state index contributed by atoms with van der Waals surface area (Å²) in [6.45, 7) is 11.4. The van der Waals surface area contributed by atoms with E-state index in [1.54, 1.807) is 0 Å². The summed E-state index contributed by atoms with van der Waals surface area (Å²) in [6.07, 6.45) is 6.91. The van der Waals surface area contributed by atoms with Gasteiger partial charge in [0, 0.05) is 17.3 Å². The Kier molecular flexibility index (Phi) is 5.48. The molecule has 0 spiro atoms. The summed E-state index contributed by atoms with van der Waals surface area (Å²) in [7, 11) is 0. The van der Waals surface area contributed by atoms with Crippen LogP contribution in [0.25, 0.3) is 0 Å². The highest BCUT2D eigenvalue weighted by Crippen LogP contribution is 2.38. The molecule has 1 fully saturated rings. The molecule has 0 aromatic carbocycles. The Morgan fingerprint density at radius 3 is 2.19 bits per heavy atom. The van der Waals surface area contributed by atoms with Gasteiger partial charge in [0.05, 0.1) is 11.7 Å². The fourth-order valence-corrected chi connectivity index (χ4v) is 4.19. The average Bonchev–Trinajstić information content (AvgIpc) is 2.83. The molecule has 3 nitrogen and oxygen atoms in total. The van der Waals surface area contributed by atoms with Gasteiger partial charge in [-0.1, -0.05) is 34.6 Å². The molecule has 1 heterocycles. The molecule has 1 aliphatic rings. The Morgan fingerprint density at radius 1 is 1.10 bits per heavy atom. The molecule has 0 aliphatic heterocycles. The first kappa shape index (κ1) is 16.5. The molecule has 2 rings (SSSR count). The van der Waals surface area contributed by atoms with E-state index in [9.17, 15) is 0 Å². The van der Waals surface area contributed by atoms with Gasteiger partial charge in [-0.15, -0.1) is 0 Å². The Bertz CT molecular complexity index is 453. The fraction of sp³-hybridized carbons (Fsp3) is 0.833. The standard InChI is InChI=1S/C18H33N3/c1-6-15(19)18-16(7-2)20-21(17(18)8-3)14-10-12(4)9-13(5)11-14/h12-15H,6-11,19H2,1-5H3. The molecule has 0 amide bonds. The van der Waals surface area contributed by atoms with Crippen LogP contribution in [0.3, 0.4) is 0 Å². The van der Waals surface area contributed by atoms with E-state index >= 15 is 0 Å². The van der Waals surface area contributed by atoms with E-state index in [-0.39, 0.29) is 6.04 Å². The summed E-state index contributed by atoms with van der Waals surface area (Å²) in [5, 5.41) is 5.00. The Morgan fingerprint density at radius 2 is 1.71 bits per heavy atom.